The van der Waals surface area contributed by atoms with E-state index in [1.807, 2.05) is 6.07 Å². The van der Waals surface area contributed by atoms with Gasteiger partial charge in [0.15, 0.2) is 6.04 Å². The Kier molecular flexibility index (Phi) is 6.86. The Balaban J connectivity index is 0.00000200. The summed E-state index contributed by atoms with van der Waals surface area (Å²) in [6.45, 7) is 0. The van der Waals surface area contributed by atoms with Crippen LogP contribution in [-0.2, 0) is 4.79 Å². The summed E-state index contributed by atoms with van der Waals surface area (Å²) in [5.41, 5.74) is 1.05. The first-order chi connectivity index (χ1) is 9.09. The first-order valence-electron chi connectivity index (χ1n) is 5.58. The number of aliphatic carboxylic acids is 1. The number of halogens is 2. The summed E-state index contributed by atoms with van der Waals surface area (Å²) in [5, 5.41) is 13.0. The van der Waals surface area contributed by atoms with Crippen molar-refractivity contribution in [3.05, 3.63) is 64.1 Å². The van der Waals surface area contributed by atoms with Crippen molar-refractivity contribution in [1.29, 1.82) is 0 Å². The molecule has 0 spiro atoms. The second-order valence-corrected chi connectivity index (χ2v) is 4.74. The Morgan fingerprint density at radius 2 is 1.55 bits per heavy atom. The average Bonchev–Trinajstić information content (AvgIpc) is 2.39. The molecule has 6 heteroatoms. The molecule has 2 rings (SSSR count). The Morgan fingerprint density at radius 3 is 2.05 bits per heavy atom. The van der Waals surface area contributed by atoms with Crippen molar-refractivity contribution in [2.45, 2.75) is 6.04 Å². The van der Waals surface area contributed by atoms with Crippen molar-refractivity contribution in [3.63, 3.8) is 0 Å². The molecule has 2 aromatic rings. The van der Waals surface area contributed by atoms with Gasteiger partial charge >= 0.3 is 35.5 Å². The molecule has 0 bridgehead atoms. The van der Waals surface area contributed by atoms with Gasteiger partial charge in [-0.05, 0) is 17.7 Å². The monoisotopic (exact) mass is 319 g/mol. The van der Waals surface area contributed by atoms with Gasteiger partial charge in [0.1, 0.15) is 0 Å². The number of benzene rings is 2. The standard InChI is InChI=1S/C14H11Cl2NO2.Na.H/c15-10-7-4-8-11(16)13(10)17-12(14(18)19)9-5-2-1-3-6-9;;/h1-8,12,17H,(H,18,19);;. The maximum absolute atomic E-state index is 11.4. The summed E-state index contributed by atoms with van der Waals surface area (Å²) in [4.78, 5) is 11.4. The molecule has 20 heavy (non-hydrogen) atoms. The molecule has 0 aromatic heterocycles. The molecule has 2 N–H and O–H groups in total. The number of carboxylic acid groups (broad SMARTS) is 1. The van der Waals surface area contributed by atoms with E-state index in [0.29, 0.717) is 21.3 Å². The van der Waals surface area contributed by atoms with Crippen molar-refractivity contribution in [3.8, 4) is 0 Å². The van der Waals surface area contributed by atoms with Gasteiger partial charge in [-0.25, -0.2) is 4.79 Å². The van der Waals surface area contributed by atoms with E-state index in [-0.39, 0.29) is 29.6 Å². The molecular formula is C14H12Cl2NNaO2. The van der Waals surface area contributed by atoms with Gasteiger partial charge in [0.25, 0.3) is 0 Å². The van der Waals surface area contributed by atoms with Crippen LogP contribution in [0, 0.1) is 0 Å². The van der Waals surface area contributed by atoms with Crippen molar-refractivity contribution < 1.29 is 9.90 Å². The van der Waals surface area contributed by atoms with Crippen LogP contribution in [0.15, 0.2) is 48.5 Å². The van der Waals surface area contributed by atoms with Crippen molar-refractivity contribution >= 4 is 64.4 Å². The van der Waals surface area contributed by atoms with Gasteiger partial charge in [0.2, 0.25) is 0 Å². The third-order valence-corrected chi connectivity index (χ3v) is 3.26. The van der Waals surface area contributed by atoms with Gasteiger partial charge in [-0.15, -0.1) is 0 Å². The number of nitrogens with one attached hydrogen (secondary N) is 1. The van der Waals surface area contributed by atoms with Crippen LogP contribution in [0.5, 0.6) is 0 Å². The average molecular weight is 320 g/mol. The number of hydrogen-bond acceptors (Lipinski definition) is 2. The van der Waals surface area contributed by atoms with E-state index in [4.69, 9.17) is 23.2 Å². The number of para-hydroxylation sites is 1. The van der Waals surface area contributed by atoms with Crippen LogP contribution in [-0.4, -0.2) is 40.6 Å². The fourth-order valence-electron chi connectivity index (χ4n) is 1.71. The zero-order valence-corrected chi connectivity index (χ0v) is 11.3. The molecule has 0 saturated carbocycles. The van der Waals surface area contributed by atoms with E-state index in [1.165, 1.54) is 0 Å². The van der Waals surface area contributed by atoms with Crippen LogP contribution in [0.25, 0.3) is 0 Å². The second-order valence-electron chi connectivity index (χ2n) is 3.92. The molecule has 3 nitrogen and oxygen atoms in total. The summed E-state index contributed by atoms with van der Waals surface area (Å²) in [5.74, 6) is -0.998. The summed E-state index contributed by atoms with van der Waals surface area (Å²) < 4.78 is 0. The molecule has 0 aliphatic carbocycles. The van der Waals surface area contributed by atoms with E-state index in [1.54, 1.807) is 42.5 Å². The van der Waals surface area contributed by atoms with Gasteiger partial charge in [-0.1, -0.05) is 59.6 Å². The normalized spacial score (nSPS) is 11.3. The van der Waals surface area contributed by atoms with E-state index in [2.05, 4.69) is 5.32 Å². The third-order valence-electron chi connectivity index (χ3n) is 2.63. The molecule has 0 heterocycles. The number of carboxylic acids is 1. The Bertz CT molecular complexity index is 573. The topological polar surface area (TPSA) is 49.3 Å². The first kappa shape index (κ1) is 17.3. The fourth-order valence-corrected chi connectivity index (χ4v) is 2.22. The maximum atomic E-state index is 11.4. The number of rotatable bonds is 4. The molecule has 0 saturated heterocycles. The number of hydrogen-bond donors (Lipinski definition) is 2. The summed E-state index contributed by atoms with van der Waals surface area (Å²) >= 11 is 12.1. The second kappa shape index (κ2) is 7.91. The summed E-state index contributed by atoms with van der Waals surface area (Å²) in [6, 6.07) is 13.0. The van der Waals surface area contributed by atoms with E-state index < -0.39 is 12.0 Å². The zero-order valence-electron chi connectivity index (χ0n) is 9.81. The Hall–Kier alpha value is -0.710. The molecular weight excluding hydrogens is 308 g/mol. The SMILES string of the molecule is O=C(O)C(Nc1c(Cl)cccc1Cl)c1ccccc1.[NaH]. The fraction of sp³-hybridized carbons (Fsp3) is 0.0714. The molecule has 100 valence electrons. The quantitative estimate of drug-likeness (QED) is 0.847. The van der Waals surface area contributed by atoms with E-state index in [0.717, 1.165) is 0 Å². The Labute approximate surface area is 149 Å². The molecule has 1 atom stereocenters. The molecule has 1 unspecified atom stereocenters. The summed E-state index contributed by atoms with van der Waals surface area (Å²) in [7, 11) is 0. The van der Waals surface area contributed by atoms with Gasteiger partial charge in [-0.3, -0.25) is 0 Å². The van der Waals surface area contributed by atoms with Crippen molar-refractivity contribution in [2.24, 2.45) is 0 Å². The third kappa shape index (κ3) is 4.14. The van der Waals surface area contributed by atoms with E-state index >= 15 is 0 Å². The minimum absolute atomic E-state index is 0. The van der Waals surface area contributed by atoms with Crippen LogP contribution in [0.2, 0.25) is 10.0 Å². The van der Waals surface area contributed by atoms with Crippen molar-refractivity contribution in [1.82, 2.24) is 0 Å². The van der Waals surface area contributed by atoms with Gasteiger partial charge < -0.3 is 10.4 Å². The van der Waals surface area contributed by atoms with Crippen LogP contribution in [0.4, 0.5) is 5.69 Å². The number of anilines is 1. The van der Waals surface area contributed by atoms with Crippen LogP contribution < -0.4 is 5.32 Å². The molecule has 0 aliphatic heterocycles. The Morgan fingerprint density at radius 1 is 1.00 bits per heavy atom. The van der Waals surface area contributed by atoms with E-state index in [9.17, 15) is 9.90 Å². The summed E-state index contributed by atoms with van der Waals surface area (Å²) in [6.07, 6.45) is 0. The molecule has 0 radical (unpaired) electrons. The molecule has 0 amide bonds. The predicted octanol–water partition coefficient (Wildman–Crippen LogP) is 3.58. The number of carbonyl (C=O) groups is 1. The van der Waals surface area contributed by atoms with Crippen LogP contribution in [0.1, 0.15) is 11.6 Å². The predicted molar refractivity (Wildman–Crippen MR) is 84.1 cm³/mol. The van der Waals surface area contributed by atoms with Gasteiger partial charge in [0, 0.05) is 0 Å². The van der Waals surface area contributed by atoms with Crippen LogP contribution in [0.3, 0.4) is 0 Å². The first-order valence-corrected chi connectivity index (χ1v) is 6.33. The molecule has 0 fully saturated rings. The minimum atomic E-state index is -0.998. The molecule has 2 aromatic carbocycles. The zero-order chi connectivity index (χ0) is 13.8. The molecule has 0 aliphatic rings. The van der Waals surface area contributed by atoms with Crippen molar-refractivity contribution in [2.75, 3.05) is 5.32 Å². The van der Waals surface area contributed by atoms with Gasteiger partial charge in [-0.2, -0.15) is 0 Å². The van der Waals surface area contributed by atoms with Gasteiger partial charge in [0.05, 0.1) is 15.7 Å². The van der Waals surface area contributed by atoms with Crippen LogP contribution >= 0.6 is 23.2 Å².